The van der Waals surface area contributed by atoms with Gasteiger partial charge in [0.05, 0.1) is 0 Å². The molecule has 1 unspecified atom stereocenters. The number of ether oxygens (including phenoxy) is 2. The maximum absolute atomic E-state index is 5.41. The number of pyridine rings is 1. The monoisotopic (exact) mass is 257 g/mol. The van der Waals surface area contributed by atoms with Gasteiger partial charge in [0, 0.05) is 29.5 Å². The van der Waals surface area contributed by atoms with Crippen LogP contribution in [0.3, 0.4) is 0 Å². The summed E-state index contributed by atoms with van der Waals surface area (Å²) < 4.78 is 11.1. The molecule has 0 aromatic carbocycles. The molecule has 1 rings (SSSR count). The highest BCUT2D eigenvalue weighted by Crippen LogP contribution is 2.25. The summed E-state index contributed by atoms with van der Waals surface area (Å²) in [7, 11) is 1.59. The summed E-state index contributed by atoms with van der Waals surface area (Å²) in [6.07, 6.45) is 4.99. The van der Waals surface area contributed by atoms with Crippen molar-refractivity contribution in [2.45, 2.75) is 6.10 Å². The van der Waals surface area contributed by atoms with Gasteiger partial charge in [0.25, 0.3) is 0 Å². The van der Waals surface area contributed by atoms with Crippen molar-refractivity contribution in [3.05, 3.63) is 41.2 Å². The zero-order chi connectivity index (χ0) is 10.4. The lowest BCUT2D eigenvalue weighted by molar-refractivity contribution is -0.0568. The molecule has 0 fully saturated rings. The van der Waals surface area contributed by atoms with Crippen molar-refractivity contribution in [2.24, 2.45) is 0 Å². The highest BCUT2D eigenvalue weighted by Gasteiger charge is 2.10. The molecule has 0 amide bonds. The van der Waals surface area contributed by atoms with Crippen molar-refractivity contribution >= 4 is 15.9 Å². The molecule has 0 aliphatic carbocycles. The zero-order valence-corrected chi connectivity index (χ0v) is 9.53. The van der Waals surface area contributed by atoms with Crippen molar-refractivity contribution in [3.8, 4) is 0 Å². The van der Waals surface area contributed by atoms with Crippen molar-refractivity contribution in [3.63, 3.8) is 0 Å². The summed E-state index contributed by atoms with van der Waals surface area (Å²) in [5.41, 5.74) is 0.993. The Kier molecular flexibility index (Phi) is 4.79. The van der Waals surface area contributed by atoms with Gasteiger partial charge in [-0.05, 0) is 22.0 Å². The van der Waals surface area contributed by atoms with Gasteiger partial charge < -0.3 is 9.47 Å². The molecule has 0 saturated carbocycles. The third-order valence-corrected chi connectivity index (χ3v) is 2.35. The van der Waals surface area contributed by atoms with Crippen molar-refractivity contribution in [2.75, 3.05) is 13.9 Å². The van der Waals surface area contributed by atoms with E-state index in [-0.39, 0.29) is 12.9 Å². The molecule has 0 aliphatic heterocycles. The molecular formula is C10H12BrNO2. The number of aromatic nitrogens is 1. The van der Waals surface area contributed by atoms with E-state index in [0.29, 0.717) is 0 Å². The molecule has 0 radical (unpaired) electrons. The maximum Gasteiger partial charge on any atom is 0.147 e. The first-order valence-electron chi connectivity index (χ1n) is 4.12. The fourth-order valence-corrected chi connectivity index (χ4v) is 1.52. The van der Waals surface area contributed by atoms with Crippen molar-refractivity contribution in [1.29, 1.82) is 0 Å². The lowest BCUT2D eigenvalue weighted by atomic mass is 10.1. The van der Waals surface area contributed by atoms with Gasteiger partial charge in [-0.15, -0.1) is 6.58 Å². The second kappa shape index (κ2) is 5.90. The van der Waals surface area contributed by atoms with Gasteiger partial charge in [-0.25, -0.2) is 0 Å². The standard InChI is InChI=1S/C10H12BrNO2/c1-3-10(14-7-13-2)8-4-5-12-6-9(8)11/h3-6,10H,1,7H2,2H3. The van der Waals surface area contributed by atoms with Gasteiger partial charge in [0.1, 0.15) is 12.9 Å². The summed E-state index contributed by atoms with van der Waals surface area (Å²) >= 11 is 3.40. The minimum atomic E-state index is -0.174. The molecule has 0 N–H and O–H groups in total. The molecule has 0 saturated heterocycles. The van der Waals surface area contributed by atoms with Gasteiger partial charge in [-0.1, -0.05) is 6.08 Å². The van der Waals surface area contributed by atoms with Crippen LogP contribution in [0, 0.1) is 0 Å². The third-order valence-electron chi connectivity index (χ3n) is 1.69. The highest BCUT2D eigenvalue weighted by atomic mass is 79.9. The lowest BCUT2D eigenvalue weighted by Gasteiger charge is -2.14. The molecule has 76 valence electrons. The number of methoxy groups -OCH3 is 1. The largest absolute Gasteiger partial charge is 0.359 e. The summed E-state index contributed by atoms with van der Waals surface area (Å²) in [6, 6.07) is 1.88. The minimum Gasteiger partial charge on any atom is -0.359 e. The molecule has 0 spiro atoms. The predicted octanol–water partition coefficient (Wildman–Crippen LogP) is 2.69. The summed E-state index contributed by atoms with van der Waals surface area (Å²) in [5, 5.41) is 0. The van der Waals surface area contributed by atoms with Gasteiger partial charge in [-0.3, -0.25) is 4.98 Å². The quantitative estimate of drug-likeness (QED) is 0.601. The second-order valence-corrected chi connectivity index (χ2v) is 3.48. The molecule has 0 aliphatic rings. The minimum absolute atomic E-state index is 0.174. The first-order valence-corrected chi connectivity index (χ1v) is 4.91. The second-order valence-electron chi connectivity index (χ2n) is 2.63. The van der Waals surface area contributed by atoms with E-state index in [1.807, 2.05) is 6.07 Å². The Morgan fingerprint density at radius 2 is 2.50 bits per heavy atom. The van der Waals surface area contributed by atoms with Crippen LogP contribution in [0.4, 0.5) is 0 Å². The van der Waals surface area contributed by atoms with E-state index < -0.39 is 0 Å². The van der Waals surface area contributed by atoms with Crippen molar-refractivity contribution in [1.82, 2.24) is 4.98 Å². The zero-order valence-electron chi connectivity index (χ0n) is 7.94. The predicted molar refractivity (Wildman–Crippen MR) is 57.8 cm³/mol. The van der Waals surface area contributed by atoms with Crippen LogP contribution in [-0.2, 0) is 9.47 Å². The van der Waals surface area contributed by atoms with E-state index in [9.17, 15) is 0 Å². The summed E-state index contributed by atoms with van der Waals surface area (Å²) in [4.78, 5) is 3.97. The van der Waals surface area contributed by atoms with Gasteiger partial charge in [0.15, 0.2) is 0 Å². The summed E-state index contributed by atoms with van der Waals surface area (Å²) in [6.45, 7) is 3.95. The van der Waals surface area contributed by atoms with E-state index in [1.165, 1.54) is 0 Å². The average molecular weight is 258 g/mol. The summed E-state index contributed by atoms with van der Waals surface area (Å²) in [5.74, 6) is 0. The van der Waals surface area contributed by atoms with E-state index in [0.717, 1.165) is 10.0 Å². The first-order chi connectivity index (χ1) is 6.79. The molecule has 4 heteroatoms. The number of hydrogen-bond donors (Lipinski definition) is 0. The fraction of sp³-hybridized carbons (Fsp3) is 0.300. The van der Waals surface area contributed by atoms with Gasteiger partial charge in [-0.2, -0.15) is 0 Å². The van der Waals surface area contributed by atoms with E-state index in [2.05, 4.69) is 27.5 Å². The molecule has 1 atom stereocenters. The van der Waals surface area contributed by atoms with Crippen LogP contribution in [0.5, 0.6) is 0 Å². The normalized spacial score (nSPS) is 12.4. The molecule has 3 nitrogen and oxygen atoms in total. The molecule has 1 heterocycles. The van der Waals surface area contributed by atoms with Crippen LogP contribution < -0.4 is 0 Å². The maximum atomic E-state index is 5.41. The number of hydrogen-bond acceptors (Lipinski definition) is 3. The smallest absolute Gasteiger partial charge is 0.147 e. The highest BCUT2D eigenvalue weighted by molar-refractivity contribution is 9.10. The van der Waals surface area contributed by atoms with Crippen LogP contribution in [-0.4, -0.2) is 18.9 Å². The third kappa shape index (κ3) is 2.90. The van der Waals surface area contributed by atoms with Gasteiger partial charge >= 0.3 is 0 Å². The van der Waals surface area contributed by atoms with Gasteiger partial charge in [0.2, 0.25) is 0 Å². The molecule has 0 bridgehead atoms. The fourth-order valence-electron chi connectivity index (χ4n) is 1.04. The van der Waals surface area contributed by atoms with Crippen LogP contribution in [0.25, 0.3) is 0 Å². The Morgan fingerprint density at radius 3 is 3.07 bits per heavy atom. The van der Waals surface area contributed by atoms with E-state index in [1.54, 1.807) is 25.6 Å². The number of nitrogens with zero attached hydrogens (tertiary/aromatic N) is 1. The van der Waals surface area contributed by atoms with Crippen LogP contribution in [0.15, 0.2) is 35.6 Å². The number of rotatable bonds is 5. The number of halogens is 1. The first kappa shape index (κ1) is 11.4. The Morgan fingerprint density at radius 1 is 1.71 bits per heavy atom. The van der Waals surface area contributed by atoms with Crippen LogP contribution >= 0.6 is 15.9 Å². The molecule has 1 aromatic heterocycles. The SMILES string of the molecule is C=CC(OCOC)c1ccncc1Br. The van der Waals surface area contributed by atoms with E-state index >= 15 is 0 Å². The topological polar surface area (TPSA) is 31.4 Å². The molecule has 14 heavy (non-hydrogen) atoms. The Bertz CT molecular complexity index is 304. The van der Waals surface area contributed by atoms with Crippen LogP contribution in [0.1, 0.15) is 11.7 Å². The molecular weight excluding hydrogens is 246 g/mol. The average Bonchev–Trinajstić information content (AvgIpc) is 2.21. The van der Waals surface area contributed by atoms with E-state index in [4.69, 9.17) is 9.47 Å². The lowest BCUT2D eigenvalue weighted by Crippen LogP contribution is -2.04. The Labute approximate surface area is 91.9 Å². The van der Waals surface area contributed by atoms with Crippen LogP contribution in [0.2, 0.25) is 0 Å². The van der Waals surface area contributed by atoms with Crippen molar-refractivity contribution < 1.29 is 9.47 Å². The molecule has 1 aromatic rings. The Hall–Kier alpha value is -0.710. The Balaban J connectivity index is 2.78.